The van der Waals surface area contributed by atoms with Crippen molar-refractivity contribution in [3.63, 3.8) is 0 Å². The zero-order valence-corrected chi connectivity index (χ0v) is 63.0. The molecule has 114 heavy (non-hydrogen) atoms. The molecular weight excluding hydrogens is 1430 g/mol. The van der Waals surface area contributed by atoms with Gasteiger partial charge in [-0.1, -0.05) is 206 Å². The SMILES string of the molecule is c1ccc(N(c2ccccc2)c2cc3c4c(c2)Oc2cc5c(cc2B4c2cc4c(cc2O3)N(c2ccccc2)c2cc(N(c3ccccc3)c3ccccc3)cc3c2B4c2sc4ccccc4c2O3)B2c3sc4ccccc4c3N(c3ccccc3)c3cc(N(c4ccccc4)c4ccccc4)cc(c32)N5c2ccccc2)cc1. The second-order valence-electron chi connectivity index (χ2n) is 29.8. The minimum atomic E-state index is -0.403. The zero-order valence-electron chi connectivity index (χ0n) is 61.3. The Kier molecular flexibility index (Phi) is 14.6. The molecule has 0 amide bonds. The van der Waals surface area contributed by atoms with E-state index in [4.69, 9.17) is 14.2 Å². The summed E-state index contributed by atoms with van der Waals surface area (Å²) in [4.78, 5) is 14.6. The summed E-state index contributed by atoms with van der Waals surface area (Å²) >= 11 is 3.74. The lowest BCUT2D eigenvalue weighted by atomic mass is 9.31. The maximum atomic E-state index is 7.92. The molecule has 8 heterocycles. The molecule has 9 nitrogen and oxygen atoms in total. The second kappa shape index (κ2) is 25.7. The minimum Gasteiger partial charge on any atom is -0.458 e. The highest BCUT2D eigenvalue weighted by Gasteiger charge is 2.51. The first-order valence-electron chi connectivity index (χ1n) is 38.8. The van der Waals surface area contributed by atoms with E-state index in [0.717, 1.165) is 169 Å². The highest BCUT2D eigenvalue weighted by molar-refractivity contribution is 7.34. The Labute approximate surface area is 668 Å². The Morgan fingerprint density at radius 3 is 0.991 bits per heavy atom. The number of para-hydroxylation sites is 9. The van der Waals surface area contributed by atoms with Crippen molar-refractivity contribution in [1.29, 1.82) is 0 Å². The van der Waals surface area contributed by atoms with Gasteiger partial charge in [-0.15, -0.1) is 22.7 Å². The highest BCUT2D eigenvalue weighted by atomic mass is 32.1. The molecule has 532 valence electrons. The molecule has 16 aromatic carbocycles. The van der Waals surface area contributed by atoms with E-state index >= 15 is 0 Å². The van der Waals surface area contributed by atoms with Gasteiger partial charge in [0.15, 0.2) is 0 Å². The van der Waals surface area contributed by atoms with Crippen molar-refractivity contribution < 1.29 is 14.2 Å². The van der Waals surface area contributed by atoms with Crippen LogP contribution in [0.5, 0.6) is 34.5 Å². The number of fused-ring (bicyclic) bond motifs is 16. The largest absolute Gasteiger partial charge is 0.458 e. The second-order valence-corrected chi connectivity index (χ2v) is 31.9. The van der Waals surface area contributed by atoms with Gasteiger partial charge in [0, 0.05) is 145 Å². The summed E-state index contributed by atoms with van der Waals surface area (Å²) in [6, 6.07) is 139. The summed E-state index contributed by atoms with van der Waals surface area (Å²) < 4.78 is 28.2. The lowest BCUT2D eigenvalue weighted by Crippen LogP contribution is -2.64. The first-order chi connectivity index (χ1) is 56.6. The topological polar surface area (TPSA) is 47.1 Å². The maximum Gasteiger partial charge on any atom is 0.268 e. The fourth-order valence-electron chi connectivity index (χ4n) is 18.8. The van der Waals surface area contributed by atoms with Crippen molar-refractivity contribution in [3.8, 4) is 34.5 Å². The van der Waals surface area contributed by atoms with Crippen molar-refractivity contribution in [2.75, 3.05) is 29.4 Å². The molecule has 0 spiro atoms. The van der Waals surface area contributed by atoms with Crippen LogP contribution in [0.3, 0.4) is 0 Å². The van der Waals surface area contributed by atoms with Crippen LogP contribution in [0.25, 0.3) is 20.2 Å². The number of nitrogens with zero attached hydrogens (tertiary/aromatic N) is 6. The van der Waals surface area contributed by atoms with E-state index in [-0.39, 0.29) is 13.4 Å². The summed E-state index contributed by atoms with van der Waals surface area (Å²) in [7, 11) is 0. The third-order valence-corrected chi connectivity index (χ3v) is 25.9. The molecule has 0 saturated carbocycles. The average molecular weight is 1490 g/mol. The number of thiophene rings is 2. The van der Waals surface area contributed by atoms with Gasteiger partial charge in [-0.3, -0.25) is 0 Å². The van der Waals surface area contributed by atoms with Crippen LogP contribution in [0, 0.1) is 0 Å². The maximum absolute atomic E-state index is 7.92. The Hall–Kier alpha value is -14.2. The van der Waals surface area contributed by atoms with Crippen LogP contribution in [0.2, 0.25) is 0 Å². The molecule has 0 N–H and O–H groups in total. The molecule has 6 aliphatic heterocycles. The molecule has 18 aromatic rings. The summed E-state index contributed by atoms with van der Waals surface area (Å²) in [5.74, 6) is 4.68. The number of benzene rings is 16. The Morgan fingerprint density at radius 2 is 0.553 bits per heavy atom. The minimum absolute atomic E-state index is 0.248. The molecule has 14 heteroatoms. The molecule has 0 bridgehead atoms. The first kappa shape index (κ1) is 64.6. The highest BCUT2D eigenvalue weighted by Crippen LogP contribution is 2.54. The van der Waals surface area contributed by atoms with Crippen LogP contribution in [-0.4, -0.2) is 20.1 Å². The van der Waals surface area contributed by atoms with Crippen molar-refractivity contribution >= 4 is 213 Å². The standard InChI is InChI=1S/C100H63B3N6O3S2/c1-10-32-64(33-11-1)104(65-34-12-2-13-35-65)73-54-84-94-85(55-73)109(72-48-26-9-27-49-72)97-76-50-28-30-52-92(76)113-99(97)102(94)78-60-80-87(62-82(78)107(84)70-44-22-7-23-45-70)110-90-58-75(106(68-40-18-5-19-41-68)69-42-20-6-21-43-69)59-91-96(90)101(80)81-61-79-83(63-88(81)111-91)108(71-46-24-8-25-47-71)86-56-74(105(66-36-14-3-15-37-66)67-38-16-4-17-39-67)57-89-95(86)103(79)100-98(112-89)77-51-29-31-53-93(77)114-100/h1-63H. The van der Waals surface area contributed by atoms with Crippen molar-refractivity contribution in [3.05, 3.63) is 382 Å². The molecule has 0 saturated heterocycles. The number of anilines is 18. The number of hydrogen-bond donors (Lipinski definition) is 0. The zero-order chi connectivity index (χ0) is 74.6. The first-order valence-corrected chi connectivity index (χ1v) is 40.4. The van der Waals surface area contributed by atoms with Gasteiger partial charge in [0.25, 0.3) is 20.1 Å². The van der Waals surface area contributed by atoms with E-state index < -0.39 is 6.71 Å². The quantitative estimate of drug-likeness (QED) is 0.111. The number of rotatable bonds is 12. The summed E-state index contributed by atoms with van der Waals surface area (Å²) in [5.41, 5.74) is 26.4. The van der Waals surface area contributed by atoms with Crippen LogP contribution < -0.4 is 91.4 Å². The molecular formula is C100H63B3N6O3S2. The van der Waals surface area contributed by atoms with Crippen LogP contribution in [0.15, 0.2) is 382 Å². The van der Waals surface area contributed by atoms with E-state index in [1.165, 1.54) is 36.2 Å². The van der Waals surface area contributed by atoms with Gasteiger partial charge in [-0.25, -0.2) is 0 Å². The van der Waals surface area contributed by atoms with E-state index in [9.17, 15) is 0 Å². The van der Waals surface area contributed by atoms with Gasteiger partial charge < -0.3 is 43.6 Å². The molecule has 24 rings (SSSR count). The summed E-state index contributed by atoms with van der Waals surface area (Å²) in [5, 5.41) is 2.30. The fourth-order valence-corrected chi connectivity index (χ4v) is 21.4. The van der Waals surface area contributed by atoms with Gasteiger partial charge >= 0.3 is 0 Å². The van der Waals surface area contributed by atoms with E-state index in [2.05, 4.69) is 412 Å². The Bertz CT molecular complexity index is 6760. The third kappa shape index (κ3) is 9.94. The summed E-state index contributed by atoms with van der Waals surface area (Å²) in [6.07, 6.45) is 0. The molecule has 0 radical (unpaired) electrons. The fraction of sp³-hybridized carbons (Fsp3) is 0. The van der Waals surface area contributed by atoms with Crippen LogP contribution in [-0.2, 0) is 0 Å². The number of hydrogen-bond acceptors (Lipinski definition) is 11. The lowest BCUT2D eigenvalue weighted by molar-refractivity contribution is 0.465. The van der Waals surface area contributed by atoms with Crippen molar-refractivity contribution in [2.24, 2.45) is 0 Å². The summed E-state index contributed by atoms with van der Waals surface area (Å²) in [6.45, 7) is -0.911. The van der Waals surface area contributed by atoms with E-state index in [0.29, 0.717) is 0 Å². The lowest BCUT2D eigenvalue weighted by Gasteiger charge is -2.45. The van der Waals surface area contributed by atoms with E-state index in [1.807, 2.05) is 22.7 Å². The van der Waals surface area contributed by atoms with Gasteiger partial charge in [-0.2, -0.15) is 0 Å². The van der Waals surface area contributed by atoms with E-state index in [1.54, 1.807) is 0 Å². The molecule has 0 aliphatic carbocycles. The van der Waals surface area contributed by atoms with Gasteiger partial charge in [-0.05, 0) is 178 Å². The molecule has 0 fully saturated rings. The van der Waals surface area contributed by atoms with Crippen molar-refractivity contribution in [2.45, 2.75) is 0 Å². The van der Waals surface area contributed by atoms with Crippen molar-refractivity contribution in [1.82, 2.24) is 0 Å². The number of ether oxygens (including phenoxy) is 3. The molecule has 0 atom stereocenters. The predicted octanol–water partition coefficient (Wildman–Crippen LogP) is 21.7. The molecule has 0 unspecified atom stereocenters. The Morgan fingerprint density at radius 1 is 0.228 bits per heavy atom. The van der Waals surface area contributed by atoms with Crippen LogP contribution in [0.4, 0.5) is 102 Å². The van der Waals surface area contributed by atoms with Gasteiger partial charge in [0.1, 0.15) is 34.5 Å². The average Bonchev–Trinajstić information content (AvgIpc) is 1.20. The third-order valence-electron chi connectivity index (χ3n) is 23.4. The normalized spacial score (nSPS) is 13.2. The van der Waals surface area contributed by atoms with Gasteiger partial charge in [0.2, 0.25) is 0 Å². The molecule has 6 aliphatic rings. The monoisotopic (exact) mass is 1490 g/mol. The van der Waals surface area contributed by atoms with Crippen LogP contribution in [0.1, 0.15) is 0 Å². The molecule has 2 aromatic heterocycles. The Balaban J connectivity index is 0.789. The predicted molar refractivity (Wildman–Crippen MR) is 479 cm³/mol. The van der Waals surface area contributed by atoms with Crippen LogP contribution >= 0.6 is 22.7 Å². The van der Waals surface area contributed by atoms with Gasteiger partial charge in [0.05, 0.1) is 22.7 Å². The smallest absolute Gasteiger partial charge is 0.268 e.